The van der Waals surface area contributed by atoms with E-state index in [0.717, 1.165) is 18.6 Å². The fourth-order valence-corrected chi connectivity index (χ4v) is 10.7. The smallest absolute Gasteiger partial charge is 0.140 e. The zero-order chi connectivity index (χ0) is 53.4. The van der Waals surface area contributed by atoms with Gasteiger partial charge in [-0.1, -0.05) is 103 Å². The fraction of sp³-hybridized carbons (Fsp3) is 0.397. The Hall–Kier alpha value is -6.57. The normalized spacial score (nSPS) is 14.5. The van der Waals surface area contributed by atoms with Crippen LogP contribution in [0, 0.1) is 0 Å². The molecule has 0 unspecified atom stereocenters. The third-order valence-corrected chi connectivity index (χ3v) is 14.9. The van der Waals surface area contributed by atoms with Gasteiger partial charge in [0.2, 0.25) is 0 Å². The predicted octanol–water partition coefficient (Wildman–Crippen LogP) is 16.6. The van der Waals surface area contributed by atoms with Gasteiger partial charge in [0, 0.05) is 115 Å². The molecule has 0 atom stereocenters. The lowest BCUT2D eigenvalue weighted by Gasteiger charge is -2.34. The molecule has 0 N–H and O–H groups in total. The zero-order valence-electron chi connectivity index (χ0n) is 47.7. The Bertz CT molecular complexity index is 2930. The van der Waals surface area contributed by atoms with Gasteiger partial charge in [0.25, 0.3) is 0 Å². The van der Waals surface area contributed by atoms with Gasteiger partial charge >= 0.3 is 0 Å². The van der Waals surface area contributed by atoms with Gasteiger partial charge in [-0.05, 0) is 197 Å². The quantitative estimate of drug-likeness (QED) is 0.166. The molecule has 3 aromatic heterocycles. The Morgan fingerprint density at radius 3 is 1.56 bits per heavy atom. The monoisotopic (exact) mass is 1000 g/mol. The first-order valence-corrected chi connectivity index (χ1v) is 28.2. The lowest BCUT2D eigenvalue weighted by molar-refractivity contribution is 0.203. The molecule has 5 aromatic carbocycles. The fourth-order valence-electron chi connectivity index (χ4n) is 10.7. The van der Waals surface area contributed by atoms with E-state index in [4.69, 9.17) is 0 Å². The van der Waals surface area contributed by atoms with E-state index in [-0.39, 0.29) is 0 Å². The molecule has 0 radical (unpaired) electrons. The number of anilines is 3. The summed E-state index contributed by atoms with van der Waals surface area (Å²) in [5.74, 6) is 0. The van der Waals surface area contributed by atoms with Crippen molar-refractivity contribution in [2.24, 2.45) is 0 Å². The van der Waals surface area contributed by atoms with Crippen molar-refractivity contribution in [3.8, 4) is 0 Å². The van der Waals surface area contributed by atoms with Crippen molar-refractivity contribution < 1.29 is 0 Å². The number of benzene rings is 5. The molecule has 0 amide bonds. The van der Waals surface area contributed by atoms with Crippen molar-refractivity contribution >= 4 is 39.0 Å². The topological polar surface area (TPSA) is 35.7 Å². The van der Waals surface area contributed by atoms with Crippen LogP contribution < -0.4 is 14.7 Å². The number of allylic oxidation sites excluding steroid dienone is 1. The number of hydrogen-bond acceptors (Lipinski definition) is 5. The average Bonchev–Trinajstić information content (AvgIpc) is 4.19. The highest BCUT2D eigenvalue weighted by atomic mass is 15.2. The van der Waals surface area contributed by atoms with E-state index in [9.17, 15) is 0 Å². The second-order valence-electron chi connectivity index (χ2n) is 22.1. The summed E-state index contributed by atoms with van der Waals surface area (Å²) < 4.78 is 4.46. The molecule has 8 aromatic rings. The van der Waals surface area contributed by atoms with E-state index in [0.29, 0.717) is 36.3 Å². The van der Waals surface area contributed by atoms with Crippen LogP contribution in [-0.2, 0) is 32.2 Å². The Kier molecular flexibility index (Phi) is 20.4. The summed E-state index contributed by atoms with van der Waals surface area (Å²) in [5, 5.41) is 2.54. The van der Waals surface area contributed by atoms with Gasteiger partial charge in [-0.15, -0.1) is 0 Å². The molecule has 0 aliphatic carbocycles. The number of aryl methyl sites for hydroxylation is 1. The highest BCUT2D eigenvalue weighted by Gasteiger charge is 2.21. The SMILES string of the molecule is CC(C)N1C=CCc2ccccc21.CC(C)N1CCCc2ccccc21.CC(C)N1CCc2ccccc21.CC(C)N1CCc2ccccc2C1.CC(C)n1ccc2ccccc21.CC(C)n1ccc2cccnc21. The van der Waals surface area contributed by atoms with Crippen molar-refractivity contribution in [2.45, 2.75) is 158 Å². The largest absolute Gasteiger partial charge is 0.369 e. The Labute approximate surface area is 452 Å². The summed E-state index contributed by atoms with van der Waals surface area (Å²) in [5.41, 5.74) is 14.2. The summed E-state index contributed by atoms with van der Waals surface area (Å²) in [4.78, 5) is 14.1. The van der Waals surface area contributed by atoms with Crippen LogP contribution in [0.5, 0.6) is 0 Å². The summed E-state index contributed by atoms with van der Waals surface area (Å²) in [6, 6.07) is 55.2. The third kappa shape index (κ3) is 14.8. The number of fused-ring (bicyclic) bond motifs is 6. The molecule has 0 bridgehead atoms. The number of aromatic nitrogens is 3. The van der Waals surface area contributed by atoms with Crippen molar-refractivity contribution in [3.05, 3.63) is 204 Å². The molecule has 7 nitrogen and oxygen atoms in total. The molecule has 7 heterocycles. The van der Waals surface area contributed by atoms with Gasteiger partial charge in [-0.25, -0.2) is 4.98 Å². The predicted molar refractivity (Wildman–Crippen MR) is 325 cm³/mol. The van der Waals surface area contributed by atoms with Gasteiger partial charge in [-0.2, -0.15) is 0 Å². The van der Waals surface area contributed by atoms with E-state index >= 15 is 0 Å². The minimum Gasteiger partial charge on any atom is -0.369 e. The highest BCUT2D eigenvalue weighted by Crippen LogP contribution is 2.30. The first-order valence-electron chi connectivity index (χ1n) is 28.2. The third-order valence-electron chi connectivity index (χ3n) is 14.9. The molecule has 0 spiro atoms. The Morgan fingerprint density at radius 1 is 0.400 bits per heavy atom. The molecule has 7 heteroatoms. The van der Waals surface area contributed by atoms with Crippen LogP contribution in [0.4, 0.5) is 17.1 Å². The highest BCUT2D eigenvalue weighted by molar-refractivity contribution is 5.80. The van der Waals surface area contributed by atoms with Gasteiger partial charge < -0.3 is 23.8 Å². The summed E-state index contributed by atoms with van der Waals surface area (Å²) >= 11 is 0. The molecule has 4 aliphatic rings. The first-order chi connectivity index (χ1) is 36.2. The van der Waals surface area contributed by atoms with E-state index in [1.165, 1.54) is 101 Å². The van der Waals surface area contributed by atoms with Crippen molar-refractivity contribution in [2.75, 3.05) is 34.3 Å². The van der Waals surface area contributed by atoms with Crippen molar-refractivity contribution in [3.63, 3.8) is 0 Å². The second kappa shape index (κ2) is 27.3. The summed E-state index contributed by atoms with van der Waals surface area (Å²) in [7, 11) is 0. The van der Waals surface area contributed by atoms with E-state index in [2.05, 4.69) is 281 Å². The zero-order valence-corrected chi connectivity index (χ0v) is 47.7. The minimum absolute atomic E-state index is 0.484. The van der Waals surface area contributed by atoms with E-state index < -0.39 is 0 Å². The summed E-state index contributed by atoms with van der Waals surface area (Å²) in [6.07, 6.45) is 16.5. The first kappa shape index (κ1) is 56.2. The lowest BCUT2D eigenvalue weighted by Crippen LogP contribution is -2.35. The molecule has 0 saturated heterocycles. The number of rotatable bonds is 6. The van der Waals surface area contributed by atoms with Gasteiger partial charge in [0.15, 0.2) is 0 Å². The average molecular weight is 1000 g/mol. The number of pyridine rings is 1. The Balaban J connectivity index is 0.000000131. The van der Waals surface area contributed by atoms with Crippen molar-refractivity contribution in [1.82, 2.24) is 19.0 Å². The molecule has 0 saturated carbocycles. The van der Waals surface area contributed by atoms with Crippen molar-refractivity contribution in [1.29, 1.82) is 0 Å². The van der Waals surface area contributed by atoms with E-state index in [1.807, 2.05) is 12.3 Å². The number of hydrogen-bond donors (Lipinski definition) is 0. The van der Waals surface area contributed by atoms with Crippen LogP contribution >= 0.6 is 0 Å². The minimum atomic E-state index is 0.484. The van der Waals surface area contributed by atoms with Crippen LogP contribution in [0.1, 0.15) is 129 Å². The Morgan fingerprint density at radius 2 is 0.920 bits per heavy atom. The molecule has 0 fully saturated rings. The van der Waals surface area contributed by atoms with Crippen LogP contribution in [0.3, 0.4) is 0 Å². The van der Waals surface area contributed by atoms with Crippen LogP contribution in [0.15, 0.2) is 176 Å². The molecule has 75 heavy (non-hydrogen) atoms. The second-order valence-corrected chi connectivity index (χ2v) is 22.1. The molecular formula is C68H89N7. The van der Waals surface area contributed by atoms with Crippen LogP contribution in [0.2, 0.25) is 0 Å². The standard InChI is InChI=1S/C12H17N.C12H15N.C12H17N.C11H15N.C11H13N.C10H12N2/c2*1-10(2)13-9-5-7-11-6-3-4-8-12(11)13;1-10(2)13-8-7-11-5-3-4-6-12(11)9-13;2*1-9(2)12-8-7-10-5-3-4-6-11(10)12;1-8(2)12-7-5-9-4-3-6-11-10(9)12/h3-4,6,8,10H,5,7,9H2,1-2H3;3-6,8-10H,7H2,1-2H3;3-6,10H,7-9H2,1-2H3;3-6,9H,7-8H2,1-2H3;3-9H,1-2H3;3-8H,1-2H3. The van der Waals surface area contributed by atoms with Gasteiger partial charge in [0.1, 0.15) is 5.65 Å². The maximum Gasteiger partial charge on any atom is 0.140 e. The molecule has 4 aliphatic heterocycles. The maximum absolute atomic E-state index is 4.33. The van der Waals surface area contributed by atoms with Crippen LogP contribution in [0.25, 0.3) is 21.9 Å². The number of nitrogens with zero attached hydrogens (tertiary/aromatic N) is 7. The molecule has 12 rings (SSSR count). The van der Waals surface area contributed by atoms with Crippen LogP contribution in [-0.4, -0.2) is 62.8 Å². The van der Waals surface area contributed by atoms with Gasteiger partial charge in [-0.3, -0.25) is 4.90 Å². The summed E-state index contributed by atoms with van der Waals surface area (Å²) in [6.45, 7) is 31.5. The lowest BCUT2D eigenvalue weighted by atomic mass is 9.99. The van der Waals surface area contributed by atoms with Gasteiger partial charge in [0.05, 0.1) is 0 Å². The maximum atomic E-state index is 4.33. The molecular weight excluding hydrogens is 915 g/mol. The number of para-hydroxylation sites is 4. The van der Waals surface area contributed by atoms with E-state index in [1.54, 1.807) is 5.56 Å². The molecule has 396 valence electrons.